The van der Waals surface area contributed by atoms with Gasteiger partial charge >= 0.3 is 5.97 Å². The van der Waals surface area contributed by atoms with Crippen LogP contribution in [0.3, 0.4) is 0 Å². The van der Waals surface area contributed by atoms with E-state index in [1.165, 1.54) is 5.52 Å². The third-order valence-electron chi connectivity index (χ3n) is 3.77. The van der Waals surface area contributed by atoms with Crippen LogP contribution in [0.15, 0.2) is 36.2 Å². The Hall–Kier alpha value is -1.58. The number of carbonyl (C=O) groups is 1. The average molecular weight is 420 g/mol. The standard InChI is InChI=1S/C20H33NO3Si3/c1-25(2,3)21-15-16(17-12-10-11-13-18(17)21)14-19(23-26(4,5)6)20(22)24-27(7,8)9/h10-15H,1-9H3/b19-14-. The van der Waals surface area contributed by atoms with Crippen LogP contribution >= 0.6 is 0 Å². The Kier molecular flexibility index (Phi) is 5.99. The number of nitrogens with zero attached hydrogens (tertiary/aromatic N) is 1. The highest BCUT2D eigenvalue weighted by Gasteiger charge is 2.28. The molecular formula is C20H33NO3Si3. The molecule has 0 atom stereocenters. The van der Waals surface area contributed by atoms with Crippen LogP contribution in [0.1, 0.15) is 5.56 Å². The minimum Gasteiger partial charge on any atom is -0.539 e. The second kappa shape index (κ2) is 7.44. The Labute approximate surface area is 166 Å². The van der Waals surface area contributed by atoms with Crippen LogP contribution in [0.25, 0.3) is 17.0 Å². The Bertz CT molecular complexity index is 865. The van der Waals surface area contributed by atoms with Crippen molar-refractivity contribution in [3.63, 3.8) is 0 Å². The topological polar surface area (TPSA) is 40.5 Å². The zero-order valence-electron chi connectivity index (χ0n) is 18.1. The highest BCUT2D eigenvalue weighted by atomic mass is 28.4. The molecule has 2 aromatic rings. The minimum atomic E-state index is -2.01. The first-order valence-corrected chi connectivity index (χ1v) is 19.7. The number of carbonyl (C=O) groups excluding carboxylic acids is 1. The van der Waals surface area contributed by atoms with Gasteiger partial charge < -0.3 is 13.1 Å². The monoisotopic (exact) mass is 419 g/mol. The fourth-order valence-electron chi connectivity index (χ4n) is 2.81. The predicted molar refractivity (Wildman–Crippen MR) is 123 cm³/mol. The van der Waals surface area contributed by atoms with Crippen molar-refractivity contribution >= 4 is 47.8 Å². The maximum atomic E-state index is 12.8. The van der Waals surface area contributed by atoms with Gasteiger partial charge in [-0.3, -0.25) is 0 Å². The van der Waals surface area contributed by atoms with E-state index in [4.69, 9.17) is 8.85 Å². The number of aromatic nitrogens is 1. The van der Waals surface area contributed by atoms with Gasteiger partial charge in [-0.2, -0.15) is 0 Å². The molecule has 0 unspecified atom stereocenters. The molecule has 7 heteroatoms. The van der Waals surface area contributed by atoms with Crippen molar-refractivity contribution < 1.29 is 13.6 Å². The molecule has 1 aromatic heterocycles. The molecule has 0 amide bonds. The highest BCUT2D eigenvalue weighted by molar-refractivity contribution is 6.75. The van der Waals surface area contributed by atoms with E-state index in [2.05, 4.69) is 67.9 Å². The number of hydrogen-bond donors (Lipinski definition) is 0. The van der Waals surface area contributed by atoms with E-state index < -0.39 is 24.9 Å². The molecule has 0 aliphatic heterocycles. The first-order valence-electron chi connectivity index (χ1n) is 9.42. The van der Waals surface area contributed by atoms with Gasteiger partial charge in [0.15, 0.2) is 14.0 Å². The first kappa shape index (κ1) is 21.7. The number of fused-ring (bicyclic) bond motifs is 1. The quantitative estimate of drug-likeness (QED) is 0.333. The summed E-state index contributed by atoms with van der Waals surface area (Å²) in [7, 11) is -5.56. The molecule has 4 nitrogen and oxygen atoms in total. The lowest BCUT2D eigenvalue weighted by atomic mass is 10.1. The Balaban J connectivity index is 2.61. The molecule has 0 N–H and O–H groups in total. The van der Waals surface area contributed by atoms with Gasteiger partial charge in [-0.1, -0.05) is 37.8 Å². The molecule has 0 fully saturated rings. The maximum Gasteiger partial charge on any atom is 0.358 e. The number of para-hydroxylation sites is 1. The SMILES string of the molecule is C[Si](C)(C)OC(=O)/C(=C/c1cn([Si](C)(C)C)c2ccccc12)O[Si](C)(C)C. The molecule has 148 valence electrons. The first-order chi connectivity index (χ1) is 12.2. The van der Waals surface area contributed by atoms with Crippen molar-refractivity contribution in [1.82, 2.24) is 4.23 Å². The van der Waals surface area contributed by atoms with Crippen LogP contribution < -0.4 is 0 Å². The number of benzene rings is 1. The van der Waals surface area contributed by atoms with E-state index in [1.54, 1.807) is 0 Å². The fraction of sp³-hybridized carbons (Fsp3) is 0.450. The zero-order chi connectivity index (χ0) is 20.6. The van der Waals surface area contributed by atoms with E-state index >= 15 is 0 Å². The van der Waals surface area contributed by atoms with Gasteiger partial charge in [0.1, 0.15) is 0 Å². The molecule has 1 heterocycles. The third-order valence-corrected chi connectivity index (χ3v) is 7.21. The second-order valence-electron chi connectivity index (χ2n) is 9.87. The van der Waals surface area contributed by atoms with Gasteiger partial charge in [-0.15, -0.1) is 0 Å². The number of hydrogen-bond acceptors (Lipinski definition) is 3. The summed E-state index contributed by atoms with van der Waals surface area (Å²) in [6, 6.07) is 8.34. The summed E-state index contributed by atoms with van der Waals surface area (Å²) in [6.07, 6.45) is 4.03. The Morgan fingerprint density at radius 3 is 1.96 bits per heavy atom. The average Bonchev–Trinajstić information content (AvgIpc) is 2.82. The molecule has 27 heavy (non-hydrogen) atoms. The largest absolute Gasteiger partial charge is 0.539 e. The van der Waals surface area contributed by atoms with Crippen LogP contribution in [0.5, 0.6) is 0 Å². The van der Waals surface area contributed by atoms with Crippen molar-refractivity contribution in [3.8, 4) is 0 Å². The Morgan fingerprint density at radius 2 is 1.44 bits per heavy atom. The van der Waals surface area contributed by atoms with Crippen molar-refractivity contribution in [2.45, 2.75) is 58.9 Å². The van der Waals surface area contributed by atoms with Crippen molar-refractivity contribution in [2.75, 3.05) is 0 Å². The summed E-state index contributed by atoms with van der Waals surface area (Å²) >= 11 is 0. The van der Waals surface area contributed by atoms with E-state index in [9.17, 15) is 4.79 Å². The van der Waals surface area contributed by atoms with Gasteiger partial charge in [0, 0.05) is 22.7 Å². The van der Waals surface area contributed by atoms with Crippen LogP contribution in [-0.4, -0.2) is 35.1 Å². The molecule has 0 spiro atoms. The molecule has 1 aromatic carbocycles. The summed E-state index contributed by atoms with van der Waals surface area (Å²) < 4.78 is 14.3. The summed E-state index contributed by atoms with van der Waals surface area (Å²) in [5, 5.41) is 1.14. The van der Waals surface area contributed by atoms with Crippen LogP contribution in [-0.2, 0) is 13.6 Å². The van der Waals surface area contributed by atoms with E-state index in [-0.39, 0.29) is 5.97 Å². The van der Waals surface area contributed by atoms with Gasteiger partial charge in [0.25, 0.3) is 0 Å². The Morgan fingerprint density at radius 1 is 0.889 bits per heavy atom. The lowest BCUT2D eigenvalue weighted by Gasteiger charge is -2.24. The van der Waals surface area contributed by atoms with Crippen molar-refractivity contribution in [3.05, 3.63) is 41.8 Å². The van der Waals surface area contributed by atoms with E-state index in [1.807, 2.05) is 31.8 Å². The zero-order valence-corrected chi connectivity index (χ0v) is 21.1. The lowest BCUT2D eigenvalue weighted by Crippen LogP contribution is -2.34. The van der Waals surface area contributed by atoms with Gasteiger partial charge in [-0.25, -0.2) is 4.79 Å². The van der Waals surface area contributed by atoms with Crippen LogP contribution in [0, 0.1) is 0 Å². The molecule has 0 saturated carbocycles. The number of rotatable bonds is 6. The van der Waals surface area contributed by atoms with Gasteiger partial charge in [0.2, 0.25) is 16.6 Å². The molecule has 0 saturated heterocycles. The molecule has 0 radical (unpaired) electrons. The minimum absolute atomic E-state index is 0.329. The summed E-state index contributed by atoms with van der Waals surface area (Å²) in [5.41, 5.74) is 2.21. The third kappa shape index (κ3) is 5.95. The van der Waals surface area contributed by atoms with E-state index in [0.29, 0.717) is 5.76 Å². The van der Waals surface area contributed by atoms with Crippen molar-refractivity contribution in [2.24, 2.45) is 0 Å². The van der Waals surface area contributed by atoms with Crippen LogP contribution in [0.4, 0.5) is 0 Å². The van der Waals surface area contributed by atoms with Gasteiger partial charge in [0.05, 0.1) is 0 Å². The van der Waals surface area contributed by atoms with Crippen molar-refractivity contribution in [1.29, 1.82) is 0 Å². The molecular weight excluding hydrogens is 386 g/mol. The maximum absolute atomic E-state index is 12.8. The molecule has 0 bridgehead atoms. The highest BCUT2D eigenvalue weighted by Crippen LogP contribution is 2.28. The van der Waals surface area contributed by atoms with Gasteiger partial charge in [-0.05, 0) is 51.4 Å². The molecule has 0 aliphatic carbocycles. The summed E-state index contributed by atoms with van der Waals surface area (Å²) in [4.78, 5) is 12.8. The summed E-state index contributed by atoms with van der Waals surface area (Å²) in [6.45, 7) is 19.2. The normalized spacial score (nSPS) is 13.7. The smallest absolute Gasteiger partial charge is 0.358 e. The second-order valence-corrected chi connectivity index (χ2v) is 23.5. The fourth-order valence-corrected chi connectivity index (χ4v) is 5.71. The van der Waals surface area contributed by atoms with E-state index in [0.717, 1.165) is 10.9 Å². The molecule has 0 aliphatic rings. The predicted octanol–water partition coefficient (Wildman–Crippen LogP) is 5.89. The lowest BCUT2D eigenvalue weighted by molar-refractivity contribution is -0.133. The van der Waals surface area contributed by atoms with Crippen LogP contribution in [0.2, 0.25) is 58.9 Å². The molecule has 2 rings (SSSR count). The summed E-state index contributed by atoms with van der Waals surface area (Å²) in [5.74, 6) is -0.0171.